The lowest BCUT2D eigenvalue weighted by Gasteiger charge is -2.22. The predicted molar refractivity (Wildman–Crippen MR) is 74.4 cm³/mol. The zero-order chi connectivity index (χ0) is 13.6. The van der Waals surface area contributed by atoms with Gasteiger partial charge in [0.2, 0.25) is 0 Å². The Kier molecular flexibility index (Phi) is 4.63. The summed E-state index contributed by atoms with van der Waals surface area (Å²) < 4.78 is 18.7. The van der Waals surface area contributed by atoms with E-state index in [9.17, 15) is 0 Å². The third-order valence-corrected chi connectivity index (χ3v) is 3.40. The average Bonchev–Trinajstić information content (AvgIpc) is 2.95. The Hall–Kier alpha value is -1.43. The van der Waals surface area contributed by atoms with Gasteiger partial charge in [-0.3, -0.25) is 0 Å². The molecular formula is C15H20N2O3. The summed E-state index contributed by atoms with van der Waals surface area (Å²) in [6.07, 6.45) is 9.01. The Balaban J connectivity index is 1.36. The Labute approximate surface area is 118 Å². The van der Waals surface area contributed by atoms with Crippen LogP contribution in [0.25, 0.3) is 5.65 Å². The van der Waals surface area contributed by atoms with Crippen LogP contribution in [0.15, 0.2) is 30.7 Å². The standard InChI is InChI=1S/C15H20N2O3/c1-2-8-19-15(3-1)20-10-9-18-12-13-4-6-17-7-5-16-14(17)11-13/h4-7,11,15H,1-3,8-10,12H2. The number of fused-ring (bicyclic) bond motifs is 1. The highest BCUT2D eigenvalue weighted by Gasteiger charge is 2.13. The molecule has 0 spiro atoms. The Morgan fingerprint density at radius 3 is 3.20 bits per heavy atom. The SMILES string of the molecule is c1cn2ccc(COCCOC3CCCCO3)cc2n1. The van der Waals surface area contributed by atoms with Crippen LogP contribution in [-0.2, 0) is 20.8 Å². The number of hydrogen-bond donors (Lipinski definition) is 0. The van der Waals surface area contributed by atoms with Crippen molar-refractivity contribution in [3.8, 4) is 0 Å². The summed E-state index contributed by atoms with van der Waals surface area (Å²) >= 11 is 0. The van der Waals surface area contributed by atoms with E-state index in [1.165, 1.54) is 6.42 Å². The highest BCUT2D eigenvalue weighted by molar-refractivity contribution is 5.40. The van der Waals surface area contributed by atoms with Gasteiger partial charge in [0.25, 0.3) is 0 Å². The number of imidazole rings is 1. The molecule has 1 aliphatic rings. The molecule has 3 rings (SSSR count). The first kappa shape index (κ1) is 13.5. The average molecular weight is 276 g/mol. The second-order valence-electron chi connectivity index (χ2n) is 4.95. The van der Waals surface area contributed by atoms with Gasteiger partial charge >= 0.3 is 0 Å². The van der Waals surface area contributed by atoms with E-state index in [2.05, 4.69) is 4.98 Å². The summed E-state index contributed by atoms with van der Waals surface area (Å²) in [4.78, 5) is 4.25. The number of pyridine rings is 1. The molecule has 0 radical (unpaired) electrons. The predicted octanol–water partition coefficient (Wildman–Crippen LogP) is 2.39. The van der Waals surface area contributed by atoms with Crippen molar-refractivity contribution in [1.82, 2.24) is 9.38 Å². The second kappa shape index (κ2) is 6.83. The van der Waals surface area contributed by atoms with Gasteiger partial charge in [0.05, 0.1) is 19.8 Å². The van der Waals surface area contributed by atoms with Crippen molar-refractivity contribution in [1.29, 1.82) is 0 Å². The fraction of sp³-hybridized carbons (Fsp3) is 0.533. The number of rotatable bonds is 6. The Bertz CT molecular complexity index is 535. The molecule has 1 unspecified atom stereocenters. The first-order valence-electron chi connectivity index (χ1n) is 7.14. The van der Waals surface area contributed by atoms with Crippen LogP contribution in [0.5, 0.6) is 0 Å². The summed E-state index contributed by atoms with van der Waals surface area (Å²) in [5.41, 5.74) is 2.07. The Morgan fingerprint density at radius 2 is 2.30 bits per heavy atom. The molecule has 1 saturated heterocycles. The van der Waals surface area contributed by atoms with Gasteiger partial charge < -0.3 is 18.6 Å². The molecule has 1 fully saturated rings. The zero-order valence-corrected chi connectivity index (χ0v) is 11.5. The highest BCUT2D eigenvalue weighted by Crippen LogP contribution is 2.13. The minimum atomic E-state index is -0.0337. The van der Waals surface area contributed by atoms with Crippen molar-refractivity contribution >= 4 is 5.65 Å². The van der Waals surface area contributed by atoms with E-state index < -0.39 is 0 Å². The van der Waals surface area contributed by atoms with Crippen molar-refractivity contribution in [3.63, 3.8) is 0 Å². The fourth-order valence-corrected chi connectivity index (χ4v) is 2.31. The summed E-state index contributed by atoms with van der Waals surface area (Å²) in [5, 5.41) is 0. The molecule has 20 heavy (non-hydrogen) atoms. The molecule has 1 aliphatic heterocycles. The molecule has 0 aliphatic carbocycles. The first-order valence-corrected chi connectivity index (χ1v) is 7.14. The third-order valence-electron chi connectivity index (χ3n) is 3.40. The number of aromatic nitrogens is 2. The normalized spacial score (nSPS) is 19.5. The molecule has 108 valence electrons. The monoisotopic (exact) mass is 276 g/mol. The quantitative estimate of drug-likeness (QED) is 0.760. The van der Waals surface area contributed by atoms with Gasteiger partial charge in [0.15, 0.2) is 6.29 Å². The molecular weight excluding hydrogens is 256 g/mol. The van der Waals surface area contributed by atoms with E-state index >= 15 is 0 Å². The lowest BCUT2D eigenvalue weighted by atomic mass is 10.2. The molecule has 2 aromatic rings. The molecule has 2 aromatic heterocycles. The van der Waals surface area contributed by atoms with Crippen LogP contribution in [0.3, 0.4) is 0 Å². The molecule has 0 aromatic carbocycles. The lowest BCUT2D eigenvalue weighted by Crippen LogP contribution is -2.23. The number of nitrogens with zero attached hydrogens (tertiary/aromatic N) is 2. The van der Waals surface area contributed by atoms with Gasteiger partial charge in [-0.05, 0) is 37.0 Å². The van der Waals surface area contributed by atoms with E-state index in [0.29, 0.717) is 19.8 Å². The molecule has 0 saturated carbocycles. The largest absolute Gasteiger partial charge is 0.374 e. The lowest BCUT2D eigenvalue weighted by molar-refractivity contribution is -0.169. The summed E-state index contributed by atoms with van der Waals surface area (Å²) in [5.74, 6) is 0. The van der Waals surface area contributed by atoms with Crippen molar-refractivity contribution in [2.24, 2.45) is 0 Å². The van der Waals surface area contributed by atoms with Crippen LogP contribution in [0.2, 0.25) is 0 Å². The van der Waals surface area contributed by atoms with Crippen LogP contribution < -0.4 is 0 Å². The van der Waals surface area contributed by atoms with Crippen LogP contribution in [0.4, 0.5) is 0 Å². The second-order valence-corrected chi connectivity index (χ2v) is 4.95. The summed E-state index contributed by atoms with van der Waals surface area (Å²) in [6, 6.07) is 4.07. The van der Waals surface area contributed by atoms with E-state index in [1.54, 1.807) is 6.20 Å². The van der Waals surface area contributed by atoms with Crippen LogP contribution >= 0.6 is 0 Å². The molecule has 1 atom stereocenters. The molecule has 0 amide bonds. The minimum Gasteiger partial charge on any atom is -0.374 e. The molecule has 3 heterocycles. The molecule has 5 nitrogen and oxygen atoms in total. The van der Waals surface area contributed by atoms with Gasteiger partial charge in [-0.15, -0.1) is 0 Å². The van der Waals surface area contributed by atoms with Crippen molar-refractivity contribution in [2.45, 2.75) is 32.2 Å². The topological polar surface area (TPSA) is 45.0 Å². The van der Waals surface area contributed by atoms with Gasteiger partial charge in [-0.25, -0.2) is 4.98 Å². The fourth-order valence-electron chi connectivity index (χ4n) is 2.31. The molecule has 5 heteroatoms. The van der Waals surface area contributed by atoms with Crippen molar-refractivity contribution in [2.75, 3.05) is 19.8 Å². The van der Waals surface area contributed by atoms with Crippen molar-refractivity contribution < 1.29 is 14.2 Å². The van der Waals surface area contributed by atoms with E-state index in [-0.39, 0.29) is 6.29 Å². The van der Waals surface area contributed by atoms with Gasteiger partial charge in [0, 0.05) is 25.2 Å². The minimum absolute atomic E-state index is 0.0337. The van der Waals surface area contributed by atoms with Crippen molar-refractivity contribution in [3.05, 3.63) is 36.3 Å². The van der Waals surface area contributed by atoms with Crippen LogP contribution in [0.1, 0.15) is 24.8 Å². The van der Waals surface area contributed by atoms with Gasteiger partial charge in [-0.2, -0.15) is 0 Å². The molecule has 0 N–H and O–H groups in total. The Morgan fingerprint density at radius 1 is 1.30 bits per heavy atom. The maximum atomic E-state index is 5.62. The molecule has 0 bridgehead atoms. The van der Waals surface area contributed by atoms with Gasteiger partial charge in [0.1, 0.15) is 5.65 Å². The van der Waals surface area contributed by atoms with Gasteiger partial charge in [-0.1, -0.05) is 0 Å². The highest BCUT2D eigenvalue weighted by atomic mass is 16.7. The maximum absolute atomic E-state index is 5.62. The maximum Gasteiger partial charge on any atom is 0.157 e. The number of ether oxygens (including phenoxy) is 3. The van der Waals surface area contributed by atoms with E-state index in [0.717, 1.165) is 30.7 Å². The van der Waals surface area contributed by atoms with E-state index in [1.807, 2.05) is 28.9 Å². The number of hydrogen-bond acceptors (Lipinski definition) is 4. The smallest absolute Gasteiger partial charge is 0.157 e. The summed E-state index contributed by atoms with van der Waals surface area (Å²) in [7, 11) is 0. The van der Waals surface area contributed by atoms with E-state index in [4.69, 9.17) is 14.2 Å². The van der Waals surface area contributed by atoms with Crippen LogP contribution in [-0.4, -0.2) is 35.5 Å². The summed E-state index contributed by atoms with van der Waals surface area (Å²) in [6.45, 7) is 2.56. The van der Waals surface area contributed by atoms with Crippen LogP contribution in [0, 0.1) is 0 Å². The third kappa shape index (κ3) is 3.56. The first-order chi connectivity index (χ1) is 9.92. The zero-order valence-electron chi connectivity index (χ0n) is 11.5.